The molecule has 10 heteroatoms. The number of carbonyl (C=O) groups is 3. The van der Waals surface area contributed by atoms with Crippen molar-refractivity contribution >= 4 is 74.1 Å². The zero-order valence-corrected chi connectivity index (χ0v) is 19.4. The van der Waals surface area contributed by atoms with Crippen LogP contribution in [0.2, 0.25) is 10.0 Å². The van der Waals surface area contributed by atoms with Gasteiger partial charge in [-0.05, 0) is 63.6 Å². The molecule has 3 rings (SSSR count). The second-order valence-electron chi connectivity index (χ2n) is 6.06. The molecule has 0 aliphatic carbocycles. The maximum absolute atomic E-state index is 12.4. The van der Waals surface area contributed by atoms with Crippen LogP contribution in [0.3, 0.4) is 0 Å². The highest BCUT2D eigenvalue weighted by atomic mass is 79.9. The van der Waals surface area contributed by atoms with Crippen molar-refractivity contribution in [2.75, 3.05) is 13.7 Å². The predicted molar refractivity (Wildman–Crippen MR) is 120 cm³/mol. The van der Waals surface area contributed by atoms with E-state index in [-0.39, 0.29) is 11.5 Å². The number of benzene rings is 2. The Morgan fingerprint density at radius 2 is 1.97 bits per heavy atom. The third kappa shape index (κ3) is 5.37. The van der Waals surface area contributed by atoms with E-state index in [0.717, 1.165) is 22.2 Å². The number of halogens is 3. The molecule has 156 valence electrons. The van der Waals surface area contributed by atoms with Crippen LogP contribution in [-0.4, -0.2) is 35.7 Å². The molecule has 0 atom stereocenters. The van der Waals surface area contributed by atoms with E-state index < -0.39 is 23.7 Å². The fourth-order valence-corrected chi connectivity index (χ4v) is 4.31. The molecule has 0 spiro atoms. The van der Waals surface area contributed by atoms with Crippen molar-refractivity contribution in [1.29, 1.82) is 0 Å². The van der Waals surface area contributed by atoms with E-state index in [4.69, 9.17) is 27.9 Å². The van der Waals surface area contributed by atoms with Gasteiger partial charge in [0.2, 0.25) is 0 Å². The molecule has 2 aromatic rings. The molecule has 1 aliphatic heterocycles. The van der Waals surface area contributed by atoms with Gasteiger partial charge in [-0.15, -0.1) is 0 Å². The first-order valence-corrected chi connectivity index (χ1v) is 10.8. The summed E-state index contributed by atoms with van der Waals surface area (Å²) < 4.78 is 11.0. The summed E-state index contributed by atoms with van der Waals surface area (Å²) in [6.07, 6.45) is 1.58. The number of ether oxygens (including phenoxy) is 2. The molecule has 2 aromatic carbocycles. The number of amides is 2. The van der Waals surface area contributed by atoms with Gasteiger partial charge < -0.3 is 9.47 Å². The smallest absolute Gasteiger partial charge is 0.325 e. The lowest BCUT2D eigenvalue weighted by atomic mass is 10.2. The molecule has 0 aromatic heterocycles. The molecule has 1 heterocycles. The van der Waals surface area contributed by atoms with E-state index in [2.05, 4.69) is 20.7 Å². The van der Waals surface area contributed by atoms with Crippen LogP contribution in [0.15, 0.2) is 45.8 Å². The van der Waals surface area contributed by atoms with Gasteiger partial charge in [0, 0.05) is 15.6 Å². The van der Waals surface area contributed by atoms with Crippen molar-refractivity contribution in [2.45, 2.75) is 6.61 Å². The largest absolute Gasteiger partial charge is 0.488 e. The second-order valence-corrected chi connectivity index (χ2v) is 8.75. The molecule has 1 saturated heterocycles. The number of esters is 1. The number of imide groups is 1. The summed E-state index contributed by atoms with van der Waals surface area (Å²) in [5.74, 6) is -0.621. The fourth-order valence-electron chi connectivity index (χ4n) is 2.50. The van der Waals surface area contributed by atoms with Crippen LogP contribution < -0.4 is 4.74 Å². The van der Waals surface area contributed by atoms with E-state index in [0.29, 0.717) is 25.8 Å². The quantitative estimate of drug-likeness (QED) is 0.360. The number of thioether (sulfide) groups is 1. The minimum absolute atomic E-state index is 0.220. The molecule has 0 unspecified atom stereocenters. The summed E-state index contributed by atoms with van der Waals surface area (Å²) in [5.41, 5.74) is 1.47. The Morgan fingerprint density at radius 1 is 1.20 bits per heavy atom. The molecule has 1 fully saturated rings. The number of hydrogen-bond acceptors (Lipinski definition) is 6. The maximum Gasteiger partial charge on any atom is 0.325 e. The zero-order chi connectivity index (χ0) is 21.8. The molecule has 1 aliphatic rings. The molecular weight excluding hydrogens is 517 g/mol. The fraction of sp³-hybridized carbons (Fsp3) is 0.150. The lowest BCUT2D eigenvalue weighted by Crippen LogP contribution is -2.34. The van der Waals surface area contributed by atoms with Crippen LogP contribution in [0, 0.1) is 0 Å². The topological polar surface area (TPSA) is 72.9 Å². The average Bonchev–Trinajstić information content (AvgIpc) is 2.95. The van der Waals surface area contributed by atoms with Crippen molar-refractivity contribution in [1.82, 2.24) is 4.90 Å². The Balaban J connectivity index is 1.71. The normalized spacial score (nSPS) is 15.1. The van der Waals surface area contributed by atoms with Crippen molar-refractivity contribution in [2.24, 2.45) is 0 Å². The standard InChI is InChI=1S/C20H14BrCl2NO5S/c1-28-18(25)9-24-19(26)17(30-20(24)27)7-11-2-5-16(14(21)6-11)29-10-12-3-4-13(22)8-15(12)23/h2-8H,9-10H2,1H3/b17-7-. The second kappa shape index (κ2) is 9.87. The highest BCUT2D eigenvalue weighted by molar-refractivity contribution is 9.10. The predicted octanol–water partition coefficient (Wildman–Crippen LogP) is 5.54. The van der Waals surface area contributed by atoms with Crippen molar-refractivity contribution in [3.05, 3.63) is 66.9 Å². The van der Waals surface area contributed by atoms with Gasteiger partial charge in [0.1, 0.15) is 18.9 Å². The van der Waals surface area contributed by atoms with Gasteiger partial charge in [0.25, 0.3) is 11.1 Å². The van der Waals surface area contributed by atoms with E-state index in [1.54, 1.807) is 42.5 Å². The molecule has 6 nitrogen and oxygen atoms in total. The van der Waals surface area contributed by atoms with Crippen LogP contribution in [0.5, 0.6) is 5.75 Å². The van der Waals surface area contributed by atoms with Crippen LogP contribution in [0.4, 0.5) is 4.79 Å². The number of methoxy groups -OCH3 is 1. The first kappa shape index (κ1) is 22.7. The number of rotatable bonds is 6. The molecular formula is C20H14BrCl2NO5S. The number of nitrogens with zero attached hydrogens (tertiary/aromatic N) is 1. The minimum atomic E-state index is -0.663. The minimum Gasteiger partial charge on any atom is -0.488 e. The van der Waals surface area contributed by atoms with Gasteiger partial charge in [-0.1, -0.05) is 35.3 Å². The van der Waals surface area contributed by atoms with Crippen LogP contribution in [0.1, 0.15) is 11.1 Å². The highest BCUT2D eigenvalue weighted by Crippen LogP contribution is 2.34. The number of carbonyl (C=O) groups excluding carboxylic acids is 3. The lowest BCUT2D eigenvalue weighted by molar-refractivity contribution is -0.143. The van der Waals surface area contributed by atoms with Gasteiger partial charge in [0.15, 0.2) is 0 Å². The van der Waals surface area contributed by atoms with Crippen LogP contribution in [-0.2, 0) is 20.9 Å². The summed E-state index contributed by atoms with van der Waals surface area (Å²) >= 11 is 16.3. The molecule has 0 bridgehead atoms. The van der Waals surface area contributed by atoms with E-state index in [1.807, 2.05) is 0 Å². The first-order valence-electron chi connectivity index (χ1n) is 8.47. The van der Waals surface area contributed by atoms with Crippen LogP contribution in [0.25, 0.3) is 6.08 Å². The first-order chi connectivity index (χ1) is 14.3. The van der Waals surface area contributed by atoms with Crippen molar-refractivity contribution in [3.63, 3.8) is 0 Å². The molecule has 0 saturated carbocycles. The van der Waals surface area contributed by atoms with E-state index >= 15 is 0 Å². The lowest BCUT2D eigenvalue weighted by Gasteiger charge is -2.11. The third-order valence-electron chi connectivity index (χ3n) is 4.04. The van der Waals surface area contributed by atoms with Gasteiger partial charge in [0.05, 0.1) is 16.5 Å². The summed E-state index contributed by atoms with van der Waals surface area (Å²) in [4.78, 5) is 36.8. The zero-order valence-electron chi connectivity index (χ0n) is 15.5. The summed E-state index contributed by atoms with van der Waals surface area (Å²) in [6, 6.07) is 10.4. The molecule has 2 amide bonds. The molecule has 0 N–H and O–H groups in total. The van der Waals surface area contributed by atoms with Crippen LogP contribution >= 0.6 is 50.9 Å². The van der Waals surface area contributed by atoms with Gasteiger partial charge in [-0.2, -0.15) is 0 Å². The summed E-state index contributed by atoms with van der Waals surface area (Å²) in [7, 11) is 1.19. The van der Waals surface area contributed by atoms with Gasteiger partial charge in [-0.25, -0.2) is 0 Å². The highest BCUT2D eigenvalue weighted by Gasteiger charge is 2.36. The molecule has 0 radical (unpaired) electrons. The Labute approximate surface area is 195 Å². The van der Waals surface area contributed by atoms with Gasteiger partial charge in [-0.3, -0.25) is 19.3 Å². The molecule has 30 heavy (non-hydrogen) atoms. The Kier molecular flexibility index (Phi) is 7.46. The monoisotopic (exact) mass is 529 g/mol. The number of hydrogen-bond donors (Lipinski definition) is 0. The van der Waals surface area contributed by atoms with E-state index in [1.165, 1.54) is 7.11 Å². The van der Waals surface area contributed by atoms with Crippen molar-refractivity contribution < 1.29 is 23.9 Å². The van der Waals surface area contributed by atoms with Crippen molar-refractivity contribution in [3.8, 4) is 5.75 Å². The Bertz CT molecular complexity index is 1060. The SMILES string of the molecule is COC(=O)CN1C(=O)S/C(=C\c2ccc(OCc3ccc(Cl)cc3Cl)c(Br)c2)C1=O. The summed E-state index contributed by atoms with van der Waals surface area (Å²) in [6.45, 7) is -0.164. The van der Waals surface area contributed by atoms with E-state index in [9.17, 15) is 14.4 Å². The average molecular weight is 531 g/mol. The Hall–Kier alpha value is -2.00. The maximum atomic E-state index is 12.4. The van der Waals surface area contributed by atoms with Gasteiger partial charge >= 0.3 is 5.97 Å². The summed E-state index contributed by atoms with van der Waals surface area (Å²) in [5, 5.41) is 0.540. The third-order valence-corrected chi connectivity index (χ3v) is 6.15. The Morgan fingerprint density at radius 3 is 2.63 bits per heavy atom.